The van der Waals surface area contributed by atoms with Crippen molar-refractivity contribution in [3.63, 3.8) is 0 Å². The molecule has 1 unspecified atom stereocenters. The van der Waals surface area contributed by atoms with Crippen LogP contribution in [-0.4, -0.2) is 12.3 Å². The monoisotopic (exact) mass is 350 g/mol. The average Bonchev–Trinajstić information content (AvgIpc) is 3.14. The van der Waals surface area contributed by atoms with Crippen LogP contribution in [0.25, 0.3) is 0 Å². The first-order valence-electron chi connectivity index (χ1n) is 8.29. The predicted molar refractivity (Wildman–Crippen MR) is 96.6 cm³/mol. The Balaban J connectivity index is 1.66. The molecule has 5 heteroatoms. The van der Waals surface area contributed by atoms with Gasteiger partial charge in [-0.05, 0) is 54.1 Å². The standard InChI is InChI=1S/C21H16F2N2O/c22-15-7-5-14(6-8-15)19-13-24-25-21(19)18-3-1-2-4-20(18)26-17-11-9-16(23)10-12-17/h1-12,19,24H,13H2. The van der Waals surface area contributed by atoms with Crippen molar-refractivity contribution in [3.05, 3.63) is 95.6 Å². The molecule has 0 aliphatic carbocycles. The van der Waals surface area contributed by atoms with Crippen LogP contribution in [0.4, 0.5) is 8.78 Å². The molecule has 0 amide bonds. The van der Waals surface area contributed by atoms with E-state index in [9.17, 15) is 8.78 Å². The van der Waals surface area contributed by atoms with Gasteiger partial charge in [-0.15, -0.1) is 0 Å². The molecular formula is C21H16F2N2O. The fourth-order valence-electron chi connectivity index (χ4n) is 3.01. The van der Waals surface area contributed by atoms with Crippen molar-refractivity contribution in [2.75, 3.05) is 6.54 Å². The average molecular weight is 350 g/mol. The lowest BCUT2D eigenvalue weighted by atomic mass is 9.90. The summed E-state index contributed by atoms with van der Waals surface area (Å²) >= 11 is 0. The van der Waals surface area contributed by atoms with Crippen molar-refractivity contribution < 1.29 is 13.5 Å². The highest BCUT2D eigenvalue weighted by molar-refractivity contribution is 6.08. The van der Waals surface area contributed by atoms with Gasteiger partial charge in [-0.25, -0.2) is 8.78 Å². The van der Waals surface area contributed by atoms with Crippen LogP contribution in [0.15, 0.2) is 77.9 Å². The van der Waals surface area contributed by atoms with Crippen LogP contribution in [0, 0.1) is 11.6 Å². The number of nitrogens with one attached hydrogen (secondary N) is 1. The van der Waals surface area contributed by atoms with Gasteiger partial charge in [0.05, 0.1) is 5.71 Å². The summed E-state index contributed by atoms with van der Waals surface area (Å²) in [6, 6.07) is 19.9. The van der Waals surface area contributed by atoms with Crippen molar-refractivity contribution in [1.82, 2.24) is 5.43 Å². The maximum atomic E-state index is 13.2. The van der Waals surface area contributed by atoms with Gasteiger partial charge in [-0.1, -0.05) is 24.3 Å². The lowest BCUT2D eigenvalue weighted by molar-refractivity contribution is 0.479. The highest BCUT2D eigenvalue weighted by Gasteiger charge is 2.26. The largest absolute Gasteiger partial charge is 0.457 e. The van der Waals surface area contributed by atoms with Gasteiger partial charge in [-0.2, -0.15) is 5.10 Å². The second-order valence-corrected chi connectivity index (χ2v) is 6.02. The number of ether oxygens (including phenoxy) is 1. The Bertz CT molecular complexity index is 937. The molecule has 0 saturated heterocycles. The molecule has 0 fully saturated rings. The SMILES string of the molecule is Fc1ccc(Oc2ccccc2C2=NNCC2c2ccc(F)cc2)cc1. The molecule has 0 aromatic heterocycles. The van der Waals surface area contributed by atoms with Gasteiger partial charge < -0.3 is 10.2 Å². The van der Waals surface area contributed by atoms with E-state index in [0.717, 1.165) is 16.8 Å². The van der Waals surface area contributed by atoms with E-state index < -0.39 is 0 Å². The minimum atomic E-state index is -0.314. The molecular weight excluding hydrogens is 334 g/mol. The molecule has 0 saturated carbocycles. The summed E-state index contributed by atoms with van der Waals surface area (Å²) in [5.41, 5.74) is 5.67. The fraction of sp³-hybridized carbons (Fsp3) is 0.0952. The van der Waals surface area contributed by atoms with Crippen LogP contribution in [0.1, 0.15) is 17.0 Å². The van der Waals surface area contributed by atoms with E-state index >= 15 is 0 Å². The Morgan fingerprint density at radius 3 is 2.23 bits per heavy atom. The zero-order chi connectivity index (χ0) is 17.9. The predicted octanol–water partition coefficient (Wildman–Crippen LogP) is 4.85. The van der Waals surface area contributed by atoms with Gasteiger partial charge in [0.25, 0.3) is 0 Å². The lowest BCUT2D eigenvalue weighted by Gasteiger charge is -2.16. The van der Waals surface area contributed by atoms with E-state index in [0.29, 0.717) is 18.0 Å². The maximum Gasteiger partial charge on any atom is 0.136 e. The number of para-hydroxylation sites is 1. The van der Waals surface area contributed by atoms with Gasteiger partial charge in [0.2, 0.25) is 0 Å². The third-order valence-corrected chi connectivity index (χ3v) is 4.30. The Hall–Kier alpha value is -3.21. The normalized spacial score (nSPS) is 16.1. The van der Waals surface area contributed by atoms with Crippen LogP contribution in [0.2, 0.25) is 0 Å². The number of rotatable bonds is 4. The first kappa shape index (κ1) is 16.3. The van der Waals surface area contributed by atoms with Gasteiger partial charge >= 0.3 is 0 Å². The summed E-state index contributed by atoms with van der Waals surface area (Å²) in [6.07, 6.45) is 0. The summed E-state index contributed by atoms with van der Waals surface area (Å²) in [4.78, 5) is 0. The Labute approximate surface area is 149 Å². The quantitative estimate of drug-likeness (QED) is 0.730. The van der Waals surface area contributed by atoms with E-state index in [2.05, 4.69) is 10.5 Å². The molecule has 0 spiro atoms. The van der Waals surface area contributed by atoms with Crippen LogP contribution < -0.4 is 10.2 Å². The van der Waals surface area contributed by atoms with Crippen LogP contribution in [0.3, 0.4) is 0 Å². The van der Waals surface area contributed by atoms with E-state index in [1.807, 2.05) is 24.3 Å². The number of nitrogens with zero attached hydrogens (tertiary/aromatic N) is 1. The Morgan fingerprint density at radius 1 is 0.846 bits per heavy atom. The van der Waals surface area contributed by atoms with Crippen molar-refractivity contribution in [2.45, 2.75) is 5.92 Å². The number of benzene rings is 3. The van der Waals surface area contributed by atoms with Crippen molar-refractivity contribution in [3.8, 4) is 11.5 Å². The first-order valence-corrected chi connectivity index (χ1v) is 8.29. The molecule has 0 radical (unpaired) electrons. The minimum absolute atomic E-state index is 0.00596. The number of hydrazone groups is 1. The fourth-order valence-corrected chi connectivity index (χ4v) is 3.01. The molecule has 1 aliphatic heterocycles. The molecule has 3 aromatic carbocycles. The zero-order valence-corrected chi connectivity index (χ0v) is 13.8. The minimum Gasteiger partial charge on any atom is -0.457 e. The Kier molecular flexibility index (Phi) is 4.35. The van der Waals surface area contributed by atoms with Gasteiger partial charge in [0.15, 0.2) is 0 Å². The first-order chi connectivity index (χ1) is 12.7. The molecule has 3 nitrogen and oxygen atoms in total. The van der Waals surface area contributed by atoms with E-state index in [1.54, 1.807) is 24.3 Å². The van der Waals surface area contributed by atoms with E-state index in [4.69, 9.17) is 4.74 Å². The van der Waals surface area contributed by atoms with Crippen molar-refractivity contribution in [2.24, 2.45) is 5.10 Å². The molecule has 1 atom stereocenters. The van der Waals surface area contributed by atoms with Crippen LogP contribution in [0.5, 0.6) is 11.5 Å². The summed E-state index contributed by atoms with van der Waals surface area (Å²) < 4.78 is 32.3. The summed E-state index contributed by atoms with van der Waals surface area (Å²) in [5.74, 6) is 0.593. The summed E-state index contributed by atoms with van der Waals surface area (Å²) in [5, 5.41) is 4.44. The molecule has 4 rings (SSSR count). The molecule has 1 heterocycles. The molecule has 26 heavy (non-hydrogen) atoms. The van der Waals surface area contributed by atoms with E-state index in [-0.39, 0.29) is 17.6 Å². The molecule has 1 N–H and O–H groups in total. The highest BCUT2D eigenvalue weighted by Crippen LogP contribution is 2.32. The van der Waals surface area contributed by atoms with E-state index in [1.165, 1.54) is 24.3 Å². The third kappa shape index (κ3) is 3.28. The number of hydrogen-bond donors (Lipinski definition) is 1. The van der Waals surface area contributed by atoms with Crippen molar-refractivity contribution in [1.29, 1.82) is 0 Å². The summed E-state index contributed by atoms with van der Waals surface area (Å²) in [6.45, 7) is 0.631. The number of hydrogen-bond acceptors (Lipinski definition) is 3. The Morgan fingerprint density at radius 2 is 1.50 bits per heavy atom. The topological polar surface area (TPSA) is 33.6 Å². The highest BCUT2D eigenvalue weighted by atomic mass is 19.1. The third-order valence-electron chi connectivity index (χ3n) is 4.30. The van der Waals surface area contributed by atoms with Crippen molar-refractivity contribution >= 4 is 5.71 Å². The zero-order valence-electron chi connectivity index (χ0n) is 13.8. The van der Waals surface area contributed by atoms with Crippen LogP contribution in [-0.2, 0) is 0 Å². The molecule has 3 aromatic rings. The second-order valence-electron chi connectivity index (χ2n) is 6.02. The smallest absolute Gasteiger partial charge is 0.136 e. The molecule has 0 bridgehead atoms. The maximum absolute atomic E-state index is 13.2. The lowest BCUT2D eigenvalue weighted by Crippen LogP contribution is -2.15. The van der Waals surface area contributed by atoms with Crippen LogP contribution >= 0.6 is 0 Å². The molecule has 1 aliphatic rings. The van der Waals surface area contributed by atoms with Gasteiger partial charge in [0, 0.05) is 18.0 Å². The summed E-state index contributed by atoms with van der Waals surface area (Å²) in [7, 11) is 0. The van der Waals surface area contributed by atoms with Gasteiger partial charge in [-0.3, -0.25) is 0 Å². The van der Waals surface area contributed by atoms with Gasteiger partial charge in [0.1, 0.15) is 23.1 Å². The second kappa shape index (κ2) is 6.96. The number of halogens is 2. The molecule has 130 valence electrons.